The van der Waals surface area contributed by atoms with Crippen molar-refractivity contribution >= 4 is 11.9 Å². The summed E-state index contributed by atoms with van der Waals surface area (Å²) in [4.78, 5) is 25.7. The van der Waals surface area contributed by atoms with E-state index in [2.05, 4.69) is 10.3 Å². The van der Waals surface area contributed by atoms with Crippen LogP contribution in [-0.2, 0) is 17.8 Å². The van der Waals surface area contributed by atoms with Crippen LogP contribution in [0.1, 0.15) is 50.9 Å². The number of aromatic carboxylic acids is 1. The second-order valence-electron chi connectivity index (χ2n) is 6.72. The van der Waals surface area contributed by atoms with Gasteiger partial charge in [-0.2, -0.15) is 0 Å². The Labute approximate surface area is 150 Å². The summed E-state index contributed by atoms with van der Waals surface area (Å²) in [7, 11) is 0. The predicted octanol–water partition coefficient (Wildman–Crippen LogP) is 1.53. The molecule has 26 heavy (non-hydrogen) atoms. The Morgan fingerprint density at radius 2 is 2.15 bits per heavy atom. The van der Waals surface area contributed by atoms with Crippen LogP contribution in [0.5, 0.6) is 0 Å². The van der Waals surface area contributed by atoms with Crippen molar-refractivity contribution in [2.45, 2.75) is 31.9 Å². The molecule has 0 saturated carbocycles. The van der Waals surface area contributed by atoms with Gasteiger partial charge in [0.1, 0.15) is 0 Å². The number of hydrogen-bond donors (Lipinski definition) is 1. The number of aromatic nitrogens is 3. The monoisotopic (exact) mass is 356 g/mol. The summed E-state index contributed by atoms with van der Waals surface area (Å²) >= 11 is 0. The van der Waals surface area contributed by atoms with E-state index < -0.39 is 5.97 Å². The highest BCUT2D eigenvalue weighted by Gasteiger charge is 2.27. The van der Waals surface area contributed by atoms with Gasteiger partial charge in [-0.3, -0.25) is 4.79 Å². The van der Waals surface area contributed by atoms with Gasteiger partial charge in [-0.1, -0.05) is 11.3 Å². The van der Waals surface area contributed by atoms with Gasteiger partial charge in [0.05, 0.1) is 25.5 Å². The zero-order valence-electron chi connectivity index (χ0n) is 14.3. The van der Waals surface area contributed by atoms with E-state index in [-0.39, 0.29) is 17.6 Å². The summed E-state index contributed by atoms with van der Waals surface area (Å²) < 4.78 is 7.00. The van der Waals surface area contributed by atoms with Crippen LogP contribution < -0.4 is 0 Å². The number of amides is 1. The fourth-order valence-electron chi connectivity index (χ4n) is 3.59. The Balaban J connectivity index is 1.50. The number of fused-ring (bicyclic) bond motifs is 1. The molecule has 2 aromatic rings. The first-order valence-corrected chi connectivity index (χ1v) is 8.76. The van der Waals surface area contributed by atoms with Gasteiger partial charge in [0.2, 0.25) is 0 Å². The Morgan fingerprint density at radius 3 is 2.96 bits per heavy atom. The summed E-state index contributed by atoms with van der Waals surface area (Å²) in [5.74, 6) is -1.10. The molecule has 0 radical (unpaired) electrons. The minimum atomic E-state index is -1.10. The number of hydrogen-bond acceptors (Lipinski definition) is 5. The Hall–Kier alpha value is -2.74. The molecule has 1 aromatic carbocycles. The molecule has 1 unspecified atom stereocenters. The van der Waals surface area contributed by atoms with Crippen molar-refractivity contribution in [1.82, 2.24) is 19.9 Å². The van der Waals surface area contributed by atoms with Gasteiger partial charge in [0.25, 0.3) is 5.91 Å². The first-order chi connectivity index (χ1) is 12.6. The standard InChI is InChI=1S/C18H20N4O4/c23-17(13-3-4-14-11-26-7-5-12(14)8-13)21-6-1-2-15(9-21)22-10-16(18(24)25)19-20-22/h3-4,8,10,15H,1-2,5-7,9,11H2,(H,24,25). The lowest BCUT2D eigenvalue weighted by atomic mass is 9.99. The molecule has 1 saturated heterocycles. The van der Waals surface area contributed by atoms with Crippen LogP contribution in [0.4, 0.5) is 0 Å². The van der Waals surface area contributed by atoms with Crippen LogP contribution in [0.2, 0.25) is 0 Å². The normalized spacial score (nSPS) is 19.8. The minimum Gasteiger partial charge on any atom is -0.476 e. The molecule has 0 spiro atoms. The third kappa shape index (κ3) is 3.20. The number of piperidine rings is 1. The topological polar surface area (TPSA) is 97.5 Å². The number of rotatable bonds is 3. The predicted molar refractivity (Wildman–Crippen MR) is 91.0 cm³/mol. The molecule has 1 aromatic heterocycles. The molecule has 0 aliphatic carbocycles. The van der Waals surface area contributed by atoms with E-state index in [4.69, 9.17) is 9.84 Å². The van der Waals surface area contributed by atoms with Crippen LogP contribution >= 0.6 is 0 Å². The molecule has 8 heteroatoms. The van der Waals surface area contributed by atoms with Gasteiger partial charge >= 0.3 is 5.97 Å². The van der Waals surface area contributed by atoms with Crippen LogP contribution in [0, 0.1) is 0 Å². The molecule has 3 heterocycles. The quantitative estimate of drug-likeness (QED) is 0.896. The van der Waals surface area contributed by atoms with Crippen molar-refractivity contribution in [3.63, 3.8) is 0 Å². The number of carboxylic acids is 1. The molecular weight excluding hydrogens is 336 g/mol. The summed E-state index contributed by atoms with van der Waals surface area (Å²) in [5.41, 5.74) is 2.94. The Bertz CT molecular complexity index is 847. The number of ether oxygens (including phenoxy) is 1. The number of likely N-dealkylation sites (tertiary alicyclic amines) is 1. The van der Waals surface area contributed by atoms with Crippen molar-refractivity contribution in [2.24, 2.45) is 0 Å². The van der Waals surface area contributed by atoms with E-state index in [1.54, 1.807) is 4.68 Å². The second-order valence-corrected chi connectivity index (χ2v) is 6.72. The smallest absolute Gasteiger partial charge is 0.358 e. The molecule has 1 amide bonds. The fraction of sp³-hybridized carbons (Fsp3) is 0.444. The van der Waals surface area contributed by atoms with Crippen molar-refractivity contribution in [2.75, 3.05) is 19.7 Å². The third-order valence-corrected chi connectivity index (χ3v) is 5.01. The average molecular weight is 356 g/mol. The number of carbonyl (C=O) groups excluding carboxylic acids is 1. The summed E-state index contributed by atoms with van der Waals surface area (Å²) in [6.45, 7) is 2.49. The number of benzene rings is 1. The number of carboxylic acid groups (broad SMARTS) is 1. The van der Waals surface area contributed by atoms with Crippen LogP contribution in [0.3, 0.4) is 0 Å². The van der Waals surface area contributed by atoms with Crippen molar-refractivity contribution < 1.29 is 19.4 Å². The van der Waals surface area contributed by atoms with Crippen molar-refractivity contribution in [1.29, 1.82) is 0 Å². The summed E-state index contributed by atoms with van der Waals surface area (Å²) in [5, 5.41) is 16.6. The van der Waals surface area contributed by atoms with Gasteiger partial charge < -0.3 is 14.7 Å². The number of nitrogens with zero attached hydrogens (tertiary/aromatic N) is 4. The van der Waals surface area contributed by atoms with Crippen LogP contribution in [-0.4, -0.2) is 56.6 Å². The number of carbonyl (C=O) groups is 2. The average Bonchev–Trinajstić information content (AvgIpc) is 3.18. The van der Waals surface area contributed by atoms with E-state index in [1.807, 2.05) is 23.1 Å². The summed E-state index contributed by atoms with van der Waals surface area (Å²) in [6.07, 6.45) is 3.95. The highest BCUT2D eigenvalue weighted by molar-refractivity contribution is 5.94. The summed E-state index contributed by atoms with van der Waals surface area (Å²) in [6, 6.07) is 5.75. The maximum Gasteiger partial charge on any atom is 0.358 e. The van der Waals surface area contributed by atoms with E-state index in [0.29, 0.717) is 31.9 Å². The van der Waals surface area contributed by atoms with E-state index in [0.717, 1.165) is 24.8 Å². The Kier molecular flexibility index (Phi) is 4.42. The molecule has 1 atom stereocenters. The van der Waals surface area contributed by atoms with Gasteiger partial charge in [-0.05, 0) is 42.5 Å². The first kappa shape index (κ1) is 16.7. The lowest BCUT2D eigenvalue weighted by Gasteiger charge is -2.32. The highest BCUT2D eigenvalue weighted by atomic mass is 16.5. The zero-order valence-corrected chi connectivity index (χ0v) is 14.3. The van der Waals surface area contributed by atoms with Gasteiger partial charge in [-0.25, -0.2) is 9.48 Å². The minimum absolute atomic E-state index is 0.00238. The van der Waals surface area contributed by atoms with Crippen LogP contribution in [0.15, 0.2) is 24.4 Å². The maximum absolute atomic E-state index is 12.9. The van der Waals surface area contributed by atoms with E-state index in [1.165, 1.54) is 11.8 Å². The molecular formula is C18H20N4O4. The maximum atomic E-state index is 12.9. The van der Waals surface area contributed by atoms with Gasteiger partial charge in [0.15, 0.2) is 5.69 Å². The van der Waals surface area contributed by atoms with E-state index >= 15 is 0 Å². The van der Waals surface area contributed by atoms with Crippen molar-refractivity contribution in [3.8, 4) is 0 Å². The van der Waals surface area contributed by atoms with E-state index in [9.17, 15) is 9.59 Å². The van der Waals surface area contributed by atoms with Gasteiger partial charge in [-0.15, -0.1) is 5.10 Å². The SMILES string of the molecule is O=C(O)c1cn(C2CCCN(C(=O)c3ccc4c(c3)CCOC4)C2)nn1. The molecule has 1 N–H and O–H groups in total. The fourth-order valence-corrected chi connectivity index (χ4v) is 3.59. The lowest BCUT2D eigenvalue weighted by Crippen LogP contribution is -2.41. The largest absolute Gasteiger partial charge is 0.476 e. The highest BCUT2D eigenvalue weighted by Crippen LogP contribution is 2.24. The molecule has 4 rings (SSSR count). The van der Waals surface area contributed by atoms with Gasteiger partial charge in [0, 0.05) is 18.7 Å². The molecule has 1 fully saturated rings. The first-order valence-electron chi connectivity index (χ1n) is 8.76. The Morgan fingerprint density at radius 1 is 1.27 bits per heavy atom. The molecule has 2 aliphatic heterocycles. The van der Waals surface area contributed by atoms with Crippen LogP contribution in [0.25, 0.3) is 0 Å². The van der Waals surface area contributed by atoms with Crippen molar-refractivity contribution in [3.05, 3.63) is 46.8 Å². The second kappa shape index (κ2) is 6.87. The zero-order chi connectivity index (χ0) is 18.1. The molecule has 2 aliphatic rings. The third-order valence-electron chi connectivity index (χ3n) is 5.01. The lowest BCUT2D eigenvalue weighted by molar-refractivity contribution is 0.0665. The molecule has 0 bridgehead atoms. The molecule has 136 valence electrons. The molecule has 8 nitrogen and oxygen atoms in total.